The maximum Gasteiger partial charge on any atom is 0.306 e. The van der Waals surface area contributed by atoms with Crippen LogP contribution in [0.5, 0.6) is 0 Å². The summed E-state index contributed by atoms with van der Waals surface area (Å²) < 4.78 is 5.28. The molecule has 2 nitrogen and oxygen atoms in total. The van der Waals surface area contributed by atoms with Gasteiger partial charge in [-0.15, -0.1) is 0 Å². The molecule has 1 rings (SSSR count). The van der Waals surface area contributed by atoms with Gasteiger partial charge in [-0.3, -0.25) is 4.79 Å². The van der Waals surface area contributed by atoms with E-state index in [2.05, 4.69) is 43.4 Å². The van der Waals surface area contributed by atoms with E-state index in [1.807, 2.05) is 30.3 Å². The predicted molar refractivity (Wildman–Crippen MR) is 116 cm³/mol. The first-order chi connectivity index (χ1) is 13.3. The minimum atomic E-state index is -0.103. The summed E-state index contributed by atoms with van der Waals surface area (Å²) in [5.41, 5.74) is 1.04. The highest BCUT2D eigenvalue weighted by Crippen LogP contribution is 2.06. The van der Waals surface area contributed by atoms with Gasteiger partial charge in [0.05, 0.1) is 0 Å². The molecule has 0 amide bonds. The van der Waals surface area contributed by atoms with E-state index in [4.69, 9.17) is 4.74 Å². The average Bonchev–Trinajstić information content (AvgIpc) is 2.70. The highest BCUT2D eigenvalue weighted by atomic mass is 16.5. The summed E-state index contributed by atoms with van der Waals surface area (Å²) >= 11 is 0. The fraction of sp³-hybridized carbons (Fsp3) is 0.480. The van der Waals surface area contributed by atoms with Crippen LogP contribution in [-0.2, 0) is 16.1 Å². The summed E-state index contributed by atoms with van der Waals surface area (Å²) in [6, 6.07) is 9.81. The number of benzene rings is 1. The van der Waals surface area contributed by atoms with Crippen molar-refractivity contribution in [3.63, 3.8) is 0 Å². The lowest BCUT2D eigenvalue weighted by Crippen LogP contribution is -2.04. The molecule has 0 unspecified atom stereocenters. The molecule has 0 aliphatic carbocycles. The van der Waals surface area contributed by atoms with Crippen LogP contribution in [0.3, 0.4) is 0 Å². The summed E-state index contributed by atoms with van der Waals surface area (Å²) in [4.78, 5) is 11.7. The average molecular weight is 369 g/mol. The van der Waals surface area contributed by atoms with Crippen LogP contribution in [0.25, 0.3) is 0 Å². The van der Waals surface area contributed by atoms with Crippen LogP contribution in [0.2, 0.25) is 0 Å². The number of carbonyl (C=O) groups excluding carboxylic acids is 1. The second kappa shape index (κ2) is 17.3. The van der Waals surface area contributed by atoms with Crippen molar-refractivity contribution in [1.82, 2.24) is 0 Å². The van der Waals surface area contributed by atoms with Crippen LogP contribution in [0, 0.1) is 0 Å². The molecule has 0 fully saturated rings. The second-order valence-electron chi connectivity index (χ2n) is 6.77. The van der Waals surface area contributed by atoms with Gasteiger partial charge in [-0.2, -0.15) is 0 Å². The van der Waals surface area contributed by atoms with E-state index in [-0.39, 0.29) is 5.97 Å². The van der Waals surface area contributed by atoms with Crippen molar-refractivity contribution in [2.75, 3.05) is 0 Å². The monoisotopic (exact) mass is 368 g/mol. The molecule has 0 bridgehead atoms. The zero-order valence-electron chi connectivity index (χ0n) is 16.9. The molecular formula is C25H36O2. The standard InChI is InChI=1S/C25H36O2/c1-2-3-4-5-6-7-8-9-10-11-12-13-14-15-19-22-25(26)27-23-24-20-17-16-18-21-24/h6-7,9-10,12-13,16-18,20-21H,2-5,8,11,14-15,19,22-23H2,1H3/b7-6-,10-9-,13-12-. The summed E-state index contributed by atoms with van der Waals surface area (Å²) in [7, 11) is 0. The fourth-order valence-corrected chi connectivity index (χ4v) is 2.63. The Morgan fingerprint density at radius 1 is 0.815 bits per heavy atom. The topological polar surface area (TPSA) is 26.3 Å². The fourth-order valence-electron chi connectivity index (χ4n) is 2.63. The van der Waals surface area contributed by atoms with E-state index in [0.29, 0.717) is 13.0 Å². The van der Waals surface area contributed by atoms with E-state index in [1.165, 1.54) is 25.7 Å². The second-order valence-corrected chi connectivity index (χ2v) is 6.77. The van der Waals surface area contributed by atoms with E-state index >= 15 is 0 Å². The van der Waals surface area contributed by atoms with E-state index < -0.39 is 0 Å². The maximum absolute atomic E-state index is 11.7. The first kappa shape index (κ1) is 23.0. The van der Waals surface area contributed by atoms with Gasteiger partial charge in [0.1, 0.15) is 6.61 Å². The number of hydrogen-bond donors (Lipinski definition) is 0. The van der Waals surface area contributed by atoms with Gasteiger partial charge in [0.2, 0.25) is 0 Å². The van der Waals surface area contributed by atoms with Gasteiger partial charge in [0.15, 0.2) is 0 Å². The summed E-state index contributed by atoms with van der Waals surface area (Å²) in [5.74, 6) is -0.103. The molecule has 27 heavy (non-hydrogen) atoms. The number of carbonyl (C=O) groups is 1. The Labute approximate surface area is 166 Å². The molecule has 148 valence electrons. The zero-order chi connectivity index (χ0) is 19.4. The van der Waals surface area contributed by atoms with Crippen LogP contribution in [0.4, 0.5) is 0 Å². The highest BCUT2D eigenvalue weighted by molar-refractivity contribution is 5.69. The van der Waals surface area contributed by atoms with Crippen molar-refractivity contribution >= 4 is 5.97 Å². The number of hydrogen-bond acceptors (Lipinski definition) is 2. The van der Waals surface area contributed by atoms with Crippen LogP contribution >= 0.6 is 0 Å². The third-order valence-electron chi connectivity index (χ3n) is 4.26. The molecule has 2 heteroatoms. The normalized spacial score (nSPS) is 11.7. The van der Waals surface area contributed by atoms with Gasteiger partial charge in [-0.25, -0.2) is 0 Å². The van der Waals surface area contributed by atoms with Gasteiger partial charge >= 0.3 is 5.97 Å². The highest BCUT2D eigenvalue weighted by Gasteiger charge is 2.02. The maximum atomic E-state index is 11.7. The third-order valence-corrected chi connectivity index (χ3v) is 4.26. The molecule has 0 spiro atoms. The molecule has 0 atom stereocenters. The van der Waals surface area contributed by atoms with Gasteiger partial charge < -0.3 is 4.74 Å². The van der Waals surface area contributed by atoms with Gasteiger partial charge in [-0.1, -0.05) is 86.6 Å². The smallest absolute Gasteiger partial charge is 0.306 e. The molecule has 0 aliphatic rings. The Morgan fingerprint density at radius 3 is 2.04 bits per heavy atom. The number of rotatable bonds is 15. The molecule has 0 saturated heterocycles. The van der Waals surface area contributed by atoms with Crippen molar-refractivity contribution in [1.29, 1.82) is 0 Å². The van der Waals surface area contributed by atoms with Crippen molar-refractivity contribution in [3.05, 3.63) is 72.4 Å². The Morgan fingerprint density at radius 2 is 1.41 bits per heavy atom. The van der Waals surface area contributed by atoms with Crippen LogP contribution in [0.1, 0.15) is 76.7 Å². The first-order valence-corrected chi connectivity index (χ1v) is 10.5. The molecule has 0 aromatic heterocycles. The number of esters is 1. The van der Waals surface area contributed by atoms with Crippen molar-refractivity contribution in [3.8, 4) is 0 Å². The molecule has 1 aromatic carbocycles. The lowest BCUT2D eigenvalue weighted by Gasteiger charge is -2.04. The summed E-state index contributed by atoms with van der Waals surface area (Å²) in [6.07, 6.45) is 24.0. The van der Waals surface area contributed by atoms with Crippen molar-refractivity contribution in [2.24, 2.45) is 0 Å². The van der Waals surface area contributed by atoms with Crippen LogP contribution in [-0.4, -0.2) is 5.97 Å². The molecule has 0 N–H and O–H groups in total. The van der Waals surface area contributed by atoms with Crippen molar-refractivity contribution < 1.29 is 9.53 Å². The lowest BCUT2D eigenvalue weighted by atomic mass is 10.1. The van der Waals surface area contributed by atoms with Gasteiger partial charge in [0.25, 0.3) is 0 Å². The zero-order valence-corrected chi connectivity index (χ0v) is 16.9. The van der Waals surface area contributed by atoms with Gasteiger partial charge in [0, 0.05) is 6.42 Å². The van der Waals surface area contributed by atoms with E-state index in [1.54, 1.807) is 0 Å². The SMILES string of the molecule is CCCCC/C=C\C/C=C\C/C=C\CCCCC(=O)OCc1ccccc1. The van der Waals surface area contributed by atoms with E-state index in [9.17, 15) is 4.79 Å². The number of unbranched alkanes of at least 4 members (excludes halogenated alkanes) is 5. The molecule has 1 aromatic rings. The Kier molecular flexibility index (Phi) is 14.7. The summed E-state index contributed by atoms with van der Waals surface area (Å²) in [6.45, 7) is 2.61. The van der Waals surface area contributed by atoms with E-state index in [0.717, 1.165) is 37.7 Å². The van der Waals surface area contributed by atoms with Crippen LogP contribution in [0.15, 0.2) is 66.8 Å². The molecular weight excluding hydrogens is 332 g/mol. The quantitative estimate of drug-likeness (QED) is 0.184. The Bertz CT molecular complexity index is 555. The molecule has 0 aliphatic heterocycles. The molecule has 0 heterocycles. The molecule has 0 radical (unpaired) electrons. The summed E-state index contributed by atoms with van der Waals surface area (Å²) in [5, 5.41) is 0. The number of allylic oxidation sites excluding steroid dienone is 6. The Balaban J connectivity index is 1.92. The first-order valence-electron chi connectivity index (χ1n) is 10.5. The predicted octanol–water partition coefficient (Wildman–Crippen LogP) is 7.32. The van der Waals surface area contributed by atoms with Gasteiger partial charge in [-0.05, 0) is 50.5 Å². The largest absolute Gasteiger partial charge is 0.461 e. The van der Waals surface area contributed by atoms with Crippen LogP contribution < -0.4 is 0 Å². The minimum Gasteiger partial charge on any atom is -0.461 e. The Hall–Kier alpha value is -2.09. The third kappa shape index (κ3) is 14.7. The minimum absolute atomic E-state index is 0.103. The molecule has 0 saturated carbocycles. The number of ether oxygens (including phenoxy) is 1. The lowest BCUT2D eigenvalue weighted by molar-refractivity contribution is -0.145. The van der Waals surface area contributed by atoms with Crippen molar-refractivity contribution in [2.45, 2.75) is 77.7 Å².